The molecule has 0 saturated heterocycles. The van der Waals surface area contributed by atoms with E-state index in [-0.39, 0.29) is 0 Å². The van der Waals surface area contributed by atoms with E-state index in [2.05, 4.69) is 72.2 Å². The molecule has 2 rings (SSSR count). The summed E-state index contributed by atoms with van der Waals surface area (Å²) in [5, 5.41) is 0. The number of hydrogen-bond donors (Lipinski definition) is 1. The predicted octanol–water partition coefficient (Wildman–Crippen LogP) is 4.41. The Bertz CT molecular complexity index is 563. The Kier molecular flexibility index (Phi) is 4.78. The Morgan fingerprint density at radius 1 is 1.16 bits per heavy atom. The summed E-state index contributed by atoms with van der Waals surface area (Å²) in [5.41, 5.74) is 11.1. The highest BCUT2D eigenvalue weighted by Crippen LogP contribution is 2.21. The van der Waals surface area contributed by atoms with Crippen LogP contribution in [0.4, 0.5) is 0 Å². The van der Waals surface area contributed by atoms with Crippen molar-refractivity contribution < 1.29 is 0 Å². The van der Waals surface area contributed by atoms with Crippen LogP contribution in [0.3, 0.4) is 0 Å². The van der Waals surface area contributed by atoms with Crippen molar-refractivity contribution in [3.05, 3.63) is 69.2 Å². The maximum absolute atomic E-state index is 5.74. The van der Waals surface area contributed by atoms with Gasteiger partial charge in [-0.1, -0.05) is 53.2 Å². The minimum atomic E-state index is 0.420. The summed E-state index contributed by atoms with van der Waals surface area (Å²) < 4.78 is 1.14. The summed E-state index contributed by atoms with van der Waals surface area (Å²) in [4.78, 5) is 0. The monoisotopic (exact) mass is 317 g/mol. The van der Waals surface area contributed by atoms with Crippen molar-refractivity contribution in [2.75, 3.05) is 6.54 Å². The fraction of sp³-hybridized carbons (Fsp3) is 0.294. The first kappa shape index (κ1) is 14.3. The molecule has 19 heavy (non-hydrogen) atoms. The summed E-state index contributed by atoms with van der Waals surface area (Å²) in [6.07, 6.45) is 0.969. The fourth-order valence-electron chi connectivity index (χ4n) is 2.20. The van der Waals surface area contributed by atoms with Crippen molar-refractivity contribution in [3.63, 3.8) is 0 Å². The van der Waals surface area contributed by atoms with Gasteiger partial charge in [-0.3, -0.25) is 0 Å². The van der Waals surface area contributed by atoms with Crippen LogP contribution in [0.2, 0.25) is 0 Å². The van der Waals surface area contributed by atoms with Crippen LogP contribution in [0.25, 0.3) is 0 Å². The molecular formula is C17H20BrN. The van der Waals surface area contributed by atoms with Gasteiger partial charge < -0.3 is 5.73 Å². The lowest BCUT2D eigenvalue weighted by atomic mass is 9.95. The van der Waals surface area contributed by atoms with Crippen LogP contribution < -0.4 is 5.73 Å². The first-order valence-electron chi connectivity index (χ1n) is 6.64. The van der Waals surface area contributed by atoms with Crippen LogP contribution >= 0.6 is 15.9 Å². The van der Waals surface area contributed by atoms with E-state index in [0.29, 0.717) is 12.5 Å². The molecule has 0 heterocycles. The SMILES string of the molecule is Cc1ccc(Br)cc1Cc1cccc(C(C)CN)c1. The van der Waals surface area contributed by atoms with Crippen molar-refractivity contribution in [2.45, 2.75) is 26.2 Å². The summed E-state index contributed by atoms with van der Waals surface area (Å²) in [6.45, 7) is 5.02. The predicted molar refractivity (Wildman–Crippen MR) is 85.6 cm³/mol. The van der Waals surface area contributed by atoms with Gasteiger partial charge in [0.2, 0.25) is 0 Å². The van der Waals surface area contributed by atoms with Gasteiger partial charge >= 0.3 is 0 Å². The molecule has 0 bridgehead atoms. The van der Waals surface area contributed by atoms with Gasteiger partial charge in [0.15, 0.2) is 0 Å². The van der Waals surface area contributed by atoms with Crippen molar-refractivity contribution in [3.8, 4) is 0 Å². The average Bonchev–Trinajstić information content (AvgIpc) is 2.42. The van der Waals surface area contributed by atoms with Gasteiger partial charge in [0, 0.05) is 4.47 Å². The van der Waals surface area contributed by atoms with Crippen LogP contribution in [0.5, 0.6) is 0 Å². The van der Waals surface area contributed by atoms with E-state index >= 15 is 0 Å². The van der Waals surface area contributed by atoms with Crippen molar-refractivity contribution in [2.24, 2.45) is 5.73 Å². The lowest BCUT2D eigenvalue weighted by Crippen LogP contribution is -2.09. The average molecular weight is 318 g/mol. The highest BCUT2D eigenvalue weighted by Gasteiger charge is 2.06. The Balaban J connectivity index is 2.26. The summed E-state index contributed by atoms with van der Waals surface area (Å²) >= 11 is 3.54. The van der Waals surface area contributed by atoms with E-state index in [1.807, 2.05) is 0 Å². The Labute approximate surface area is 124 Å². The van der Waals surface area contributed by atoms with Gasteiger partial charge in [-0.15, -0.1) is 0 Å². The molecule has 0 aliphatic carbocycles. The Morgan fingerprint density at radius 3 is 2.68 bits per heavy atom. The van der Waals surface area contributed by atoms with E-state index in [1.54, 1.807) is 0 Å². The minimum Gasteiger partial charge on any atom is -0.330 e. The largest absolute Gasteiger partial charge is 0.330 e. The molecule has 0 radical (unpaired) electrons. The fourth-order valence-corrected chi connectivity index (χ4v) is 2.60. The van der Waals surface area contributed by atoms with Gasteiger partial charge in [0.05, 0.1) is 0 Å². The maximum atomic E-state index is 5.74. The van der Waals surface area contributed by atoms with Gasteiger partial charge in [0.1, 0.15) is 0 Å². The molecular weight excluding hydrogens is 298 g/mol. The number of benzene rings is 2. The topological polar surface area (TPSA) is 26.0 Å². The second-order valence-electron chi connectivity index (χ2n) is 5.13. The number of aryl methyl sites for hydroxylation is 1. The van der Waals surface area contributed by atoms with Crippen molar-refractivity contribution in [1.82, 2.24) is 0 Å². The molecule has 0 saturated carbocycles. The molecule has 0 spiro atoms. The third-order valence-electron chi connectivity index (χ3n) is 3.58. The first-order valence-corrected chi connectivity index (χ1v) is 7.43. The molecule has 100 valence electrons. The number of hydrogen-bond acceptors (Lipinski definition) is 1. The minimum absolute atomic E-state index is 0.420. The molecule has 0 aliphatic rings. The van der Waals surface area contributed by atoms with Crippen molar-refractivity contribution in [1.29, 1.82) is 0 Å². The van der Waals surface area contributed by atoms with Gasteiger partial charge in [-0.25, -0.2) is 0 Å². The second kappa shape index (κ2) is 6.36. The number of nitrogens with two attached hydrogens (primary N) is 1. The second-order valence-corrected chi connectivity index (χ2v) is 6.05. The van der Waals surface area contributed by atoms with E-state index < -0.39 is 0 Å². The van der Waals surface area contributed by atoms with Gasteiger partial charge in [-0.2, -0.15) is 0 Å². The van der Waals surface area contributed by atoms with E-state index in [1.165, 1.54) is 22.3 Å². The molecule has 1 nitrogen and oxygen atoms in total. The molecule has 0 fully saturated rings. The number of rotatable bonds is 4. The normalized spacial score (nSPS) is 12.4. The zero-order chi connectivity index (χ0) is 13.8. The van der Waals surface area contributed by atoms with Gasteiger partial charge in [0.25, 0.3) is 0 Å². The lowest BCUT2D eigenvalue weighted by Gasteiger charge is -2.12. The zero-order valence-electron chi connectivity index (χ0n) is 11.5. The van der Waals surface area contributed by atoms with Crippen molar-refractivity contribution >= 4 is 15.9 Å². The van der Waals surface area contributed by atoms with Crippen LogP contribution in [0.15, 0.2) is 46.9 Å². The van der Waals surface area contributed by atoms with Crippen LogP contribution in [-0.4, -0.2) is 6.54 Å². The zero-order valence-corrected chi connectivity index (χ0v) is 13.1. The Morgan fingerprint density at radius 2 is 1.95 bits per heavy atom. The smallest absolute Gasteiger partial charge is 0.0178 e. The molecule has 0 amide bonds. The molecule has 2 aromatic rings. The molecule has 1 atom stereocenters. The van der Waals surface area contributed by atoms with Crippen LogP contribution in [0.1, 0.15) is 35.1 Å². The Hall–Kier alpha value is -1.12. The summed E-state index contributed by atoms with van der Waals surface area (Å²) in [7, 11) is 0. The third kappa shape index (κ3) is 3.68. The highest BCUT2D eigenvalue weighted by molar-refractivity contribution is 9.10. The molecule has 0 aliphatic heterocycles. The standard InChI is InChI=1S/C17H20BrN/c1-12-6-7-17(18)10-16(12)9-14-4-3-5-15(8-14)13(2)11-19/h3-8,10,13H,9,11,19H2,1-2H3. The molecule has 1 unspecified atom stereocenters. The molecule has 2 N–H and O–H groups in total. The van der Waals surface area contributed by atoms with Crippen LogP contribution in [-0.2, 0) is 6.42 Å². The van der Waals surface area contributed by atoms with Crippen LogP contribution in [0, 0.1) is 6.92 Å². The third-order valence-corrected chi connectivity index (χ3v) is 4.07. The lowest BCUT2D eigenvalue weighted by molar-refractivity contribution is 0.772. The van der Waals surface area contributed by atoms with E-state index in [0.717, 1.165) is 10.9 Å². The van der Waals surface area contributed by atoms with Gasteiger partial charge in [-0.05, 0) is 60.2 Å². The molecule has 2 heteroatoms. The highest BCUT2D eigenvalue weighted by atomic mass is 79.9. The quantitative estimate of drug-likeness (QED) is 0.888. The van der Waals surface area contributed by atoms with E-state index in [9.17, 15) is 0 Å². The summed E-state index contributed by atoms with van der Waals surface area (Å²) in [6, 6.07) is 15.2. The maximum Gasteiger partial charge on any atom is 0.0178 e. The summed E-state index contributed by atoms with van der Waals surface area (Å²) in [5.74, 6) is 0.420. The first-order chi connectivity index (χ1) is 9.10. The molecule has 2 aromatic carbocycles. The molecule has 0 aromatic heterocycles. The number of halogens is 1. The van der Waals surface area contributed by atoms with E-state index in [4.69, 9.17) is 5.73 Å².